The van der Waals surface area contributed by atoms with Crippen LogP contribution in [0.4, 0.5) is 5.13 Å². The standard InChI is InChI=1S/C18H17N3O2S/c1-12-8-14(23-2)9-17(22)15(12)10-19-21-18-20-16(11-24-18)13-6-4-3-5-7-13/h3-11,22H,1-2H3,(H,20,21). The zero-order valence-electron chi connectivity index (χ0n) is 13.4. The number of anilines is 1. The summed E-state index contributed by atoms with van der Waals surface area (Å²) in [6.07, 6.45) is 1.58. The number of aromatic hydroxyl groups is 1. The Morgan fingerprint density at radius 1 is 1.25 bits per heavy atom. The van der Waals surface area contributed by atoms with Crippen molar-refractivity contribution < 1.29 is 9.84 Å². The molecule has 3 aromatic rings. The van der Waals surface area contributed by atoms with Crippen molar-refractivity contribution in [2.24, 2.45) is 5.10 Å². The van der Waals surface area contributed by atoms with Gasteiger partial charge in [0.2, 0.25) is 5.13 Å². The highest BCUT2D eigenvalue weighted by Gasteiger charge is 2.06. The maximum Gasteiger partial charge on any atom is 0.203 e. The Bertz CT molecular complexity index is 837. The molecule has 1 aromatic heterocycles. The van der Waals surface area contributed by atoms with Gasteiger partial charge in [0.05, 0.1) is 19.0 Å². The fraction of sp³-hybridized carbons (Fsp3) is 0.111. The third kappa shape index (κ3) is 3.55. The Morgan fingerprint density at radius 3 is 2.75 bits per heavy atom. The number of benzene rings is 2. The predicted molar refractivity (Wildman–Crippen MR) is 98.2 cm³/mol. The van der Waals surface area contributed by atoms with Gasteiger partial charge in [0.25, 0.3) is 0 Å². The summed E-state index contributed by atoms with van der Waals surface area (Å²) in [5.41, 5.74) is 6.39. The van der Waals surface area contributed by atoms with Gasteiger partial charge in [0, 0.05) is 22.6 Å². The minimum absolute atomic E-state index is 0.126. The Labute approximate surface area is 144 Å². The van der Waals surface area contributed by atoms with E-state index in [1.54, 1.807) is 19.4 Å². The van der Waals surface area contributed by atoms with Crippen LogP contribution in [0.5, 0.6) is 11.5 Å². The van der Waals surface area contributed by atoms with Crippen LogP contribution in [0.25, 0.3) is 11.3 Å². The number of hydrogen-bond acceptors (Lipinski definition) is 6. The molecule has 6 heteroatoms. The van der Waals surface area contributed by atoms with Gasteiger partial charge in [0.15, 0.2) is 0 Å². The van der Waals surface area contributed by atoms with Crippen molar-refractivity contribution >= 4 is 22.7 Å². The maximum atomic E-state index is 10.0. The smallest absolute Gasteiger partial charge is 0.203 e. The summed E-state index contributed by atoms with van der Waals surface area (Å²) in [5.74, 6) is 0.740. The molecule has 0 bridgehead atoms. The molecule has 24 heavy (non-hydrogen) atoms. The number of hydrogen-bond donors (Lipinski definition) is 2. The first-order valence-electron chi connectivity index (χ1n) is 7.35. The van der Waals surface area contributed by atoms with Crippen molar-refractivity contribution in [3.05, 3.63) is 59.0 Å². The predicted octanol–water partition coefficient (Wildman–Crippen LogP) is 4.28. The van der Waals surface area contributed by atoms with E-state index in [9.17, 15) is 5.11 Å². The van der Waals surface area contributed by atoms with Gasteiger partial charge in [-0.25, -0.2) is 4.98 Å². The average molecular weight is 339 g/mol. The van der Waals surface area contributed by atoms with Gasteiger partial charge >= 0.3 is 0 Å². The summed E-state index contributed by atoms with van der Waals surface area (Å²) >= 11 is 1.48. The zero-order chi connectivity index (χ0) is 16.9. The summed E-state index contributed by atoms with van der Waals surface area (Å²) in [4.78, 5) is 4.50. The minimum atomic E-state index is 0.126. The van der Waals surface area contributed by atoms with Crippen molar-refractivity contribution in [3.8, 4) is 22.8 Å². The van der Waals surface area contributed by atoms with E-state index in [1.807, 2.05) is 48.7 Å². The lowest BCUT2D eigenvalue weighted by molar-refractivity contribution is 0.407. The highest BCUT2D eigenvalue weighted by molar-refractivity contribution is 7.14. The second-order valence-corrected chi connectivity index (χ2v) is 6.01. The summed E-state index contributed by atoms with van der Waals surface area (Å²) in [5, 5.41) is 16.9. The van der Waals surface area contributed by atoms with E-state index in [0.29, 0.717) is 16.4 Å². The number of aryl methyl sites for hydroxylation is 1. The highest BCUT2D eigenvalue weighted by Crippen LogP contribution is 2.27. The third-order valence-corrected chi connectivity index (χ3v) is 4.25. The summed E-state index contributed by atoms with van der Waals surface area (Å²) in [6, 6.07) is 13.4. The molecule has 0 fully saturated rings. The van der Waals surface area contributed by atoms with Crippen LogP contribution in [0.3, 0.4) is 0 Å². The van der Waals surface area contributed by atoms with Gasteiger partial charge in [-0.15, -0.1) is 11.3 Å². The number of hydrazone groups is 1. The van der Waals surface area contributed by atoms with Gasteiger partial charge in [-0.2, -0.15) is 5.10 Å². The number of methoxy groups -OCH3 is 1. The molecule has 0 radical (unpaired) electrons. The summed E-state index contributed by atoms with van der Waals surface area (Å²) in [6.45, 7) is 1.89. The van der Waals surface area contributed by atoms with Crippen LogP contribution in [0.1, 0.15) is 11.1 Å². The monoisotopic (exact) mass is 339 g/mol. The molecule has 0 amide bonds. The number of nitrogens with one attached hydrogen (secondary N) is 1. The number of nitrogens with zero attached hydrogens (tertiary/aromatic N) is 2. The number of phenols is 1. The number of thiazole rings is 1. The molecule has 0 saturated carbocycles. The molecular formula is C18H17N3O2S. The van der Waals surface area contributed by atoms with Crippen LogP contribution in [-0.4, -0.2) is 23.4 Å². The highest BCUT2D eigenvalue weighted by atomic mass is 32.1. The van der Waals surface area contributed by atoms with Crippen LogP contribution >= 0.6 is 11.3 Å². The number of phenolic OH excluding ortho intramolecular Hbond substituents is 1. The van der Waals surface area contributed by atoms with E-state index in [0.717, 1.165) is 16.8 Å². The average Bonchev–Trinajstić information content (AvgIpc) is 3.07. The molecule has 0 unspecified atom stereocenters. The molecular weight excluding hydrogens is 322 g/mol. The molecule has 0 aliphatic rings. The molecule has 0 aliphatic carbocycles. The zero-order valence-corrected chi connectivity index (χ0v) is 14.2. The van der Waals surface area contributed by atoms with E-state index in [2.05, 4.69) is 15.5 Å². The maximum absolute atomic E-state index is 10.0. The van der Waals surface area contributed by atoms with Crippen LogP contribution in [0.15, 0.2) is 52.9 Å². The lowest BCUT2D eigenvalue weighted by atomic mass is 10.1. The first-order valence-corrected chi connectivity index (χ1v) is 8.23. The Morgan fingerprint density at radius 2 is 2.04 bits per heavy atom. The van der Waals surface area contributed by atoms with Gasteiger partial charge in [-0.05, 0) is 18.6 Å². The van der Waals surface area contributed by atoms with Crippen molar-refractivity contribution in [1.82, 2.24) is 4.98 Å². The summed E-state index contributed by atoms with van der Waals surface area (Å²) in [7, 11) is 1.57. The number of ether oxygens (including phenoxy) is 1. The third-order valence-electron chi connectivity index (χ3n) is 3.50. The molecule has 0 atom stereocenters. The second kappa shape index (κ2) is 7.14. The molecule has 3 rings (SSSR count). The molecule has 0 saturated heterocycles. The van der Waals surface area contributed by atoms with Crippen LogP contribution in [0, 0.1) is 6.92 Å². The lowest BCUT2D eigenvalue weighted by Crippen LogP contribution is -1.94. The topological polar surface area (TPSA) is 66.7 Å². The second-order valence-electron chi connectivity index (χ2n) is 5.15. The van der Waals surface area contributed by atoms with Crippen molar-refractivity contribution in [2.75, 3.05) is 12.5 Å². The van der Waals surface area contributed by atoms with E-state index in [4.69, 9.17) is 4.74 Å². The largest absolute Gasteiger partial charge is 0.507 e. The van der Waals surface area contributed by atoms with Crippen molar-refractivity contribution in [3.63, 3.8) is 0 Å². The van der Waals surface area contributed by atoms with E-state index < -0.39 is 0 Å². The van der Waals surface area contributed by atoms with E-state index in [-0.39, 0.29) is 5.75 Å². The van der Waals surface area contributed by atoms with Gasteiger partial charge in [0.1, 0.15) is 11.5 Å². The fourth-order valence-electron chi connectivity index (χ4n) is 2.25. The van der Waals surface area contributed by atoms with Crippen LogP contribution in [0.2, 0.25) is 0 Å². The van der Waals surface area contributed by atoms with Crippen LogP contribution in [-0.2, 0) is 0 Å². The SMILES string of the molecule is COc1cc(C)c(C=NNc2nc(-c3ccccc3)cs2)c(O)c1. The summed E-state index contributed by atoms with van der Waals surface area (Å²) < 4.78 is 5.12. The molecule has 0 spiro atoms. The van der Waals surface area contributed by atoms with E-state index in [1.165, 1.54) is 11.3 Å². The first kappa shape index (κ1) is 16.0. The molecule has 2 N–H and O–H groups in total. The van der Waals surface area contributed by atoms with Gasteiger partial charge < -0.3 is 9.84 Å². The van der Waals surface area contributed by atoms with Crippen molar-refractivity contribution in [1.29, 1.82) is 0 Å². The Hall–Kier alpha value is -2.86. The first-order chi connectivity index (χ1) is 11.7. The molecule has 5 nitrogen and oxygen atoms in total. The molecule has 1 heterocycles. The quantitative estimate of drug-likeness (QED) is 0.538. The molecule has 2 aromatic carbocycles. The Balaban J connectivity index is 1.73. The molecule has 0 aliphatic heterocycles. The lowest BCUT2D eigenvalue weighted by Gasteiger charge is -2.06. The van der Waals surface area contributed by atoms with E-state index >= 15 is 0 Å². The normalized spacial score (nSPS) is 10.9. The van der Waals surface area contributed by atoms with Crippen LogP contribution < -0.4 is 10.2 Å². The van der Waals surface area contributed by atoms with Crippen molar-refractivity contribution in [2.45, 2.75) is 6.92 Å². The van der Waals surface area contributed by atoms with Gasteiger partial charge in [-0.1, -0.05) is 30.3 Å². The fourth-order valence-corrected chi connectivity index (χ4v) is 2.92. The minimum Gasteiger partial charge on any atom is -0.507 e. The Kier molecular flexibility index (Phi) is 4.77. The number of rotatable bonds is 5. The molecule has 122 valence electrons. The number of aromatic nitrogens is 1. The van der Waals surface area contributed by atoms with Gasteiger partial charge in [-0.3, -0.25) is 5.43 Å².